The number of hydrogen-bond acceptors (Lipinski definition) is 6. The van der Waals surface area contributed by atoms with Gasteiger partial charge in [0.05, 0.1) is 17.1 Å². The number of benzene rings is 1. The van der Waals surface area contributed by atoms with Gasteiger partial charge in [-0.15, -0.1) is 0 Å². The summed E-state index contributed by atoms with van der Waals surface area (Å²) in [5, 5.41) is 7.46. The smallest absolute Gasteiger partial charge is 0.256 e. The molecule has 162 valence electrons. The lowest BCUT2D eigenvalue weighted by molar-refractivity contribution is 0.102. The second-order valence-corrected chi connectivity index (χ2v) is 10.4. The maximum atomic E-state index is 12.9. The first-order valence-corrected chi connectivity index (χ1v) is 11.6. The molecule has 2 aromatic heterocycles. The van der Waals surface area contributed by atoms with E-state index in [2.05, 4.69) is 20.4 Å². The summed E-state index contributed by atoms with van der Waals surface area (Å²) < 4.78 is 27.1. The number of carbonyl (C=O) groups is 1. The van der Waals surface area contributed by atoms with Crippen LogP contribution in [0.15, 0.2) is 48.8 Å². The molecule has 1 saturated heterocycles. The number of anilines is 2. The molecule has 0 radical (unpaired) electrons. The summed E-state index contributed by atoms with van der Waals surface area (Å²) in [6.07, 6.45) is 3.82. The molecule has 0 atom stereocenters. The van der Waals surface area contributed by atoms with Crippen molar-refractivity contribution in [2.75, 3.05) is 21.9 Å². The van der Waals surface area contributed by atoms with E-state index in [4.69, 9.17) is 0 Å². The van der Waals surface area contributed by atoms with Crippen molar-refractivity contribution >= 4 is 27.4 Å². The normalized spacial score (nSPS) is 15.8. The molecule has 10 heteroatoms. The van der Waals surface area contributed by atoms with E-state index in [9.17, 15) is 13.2 Å². The zero-order chi connectivity index (χ0) is 22.2. The number of carbonyl (C=O) groups excluding carboxylic acids is 1. The lowest BCUT2D eigenvalue weighted by Crippen LogP contribution is -2.25. The molecule has 0 aliphatic carbocycles. The Morgan fingerprint density at radius 2 is 1.77 bits per heavy atom. The molecule has 4 rings (SSSR count). The zero-order valence-electron chi connectivity index (χ0n) is 17.6. The highest BCUT2D eigenvalue weighted by Gasteiger charge is 2.28. The number of sulfonamides is 1. The summed E-state index contributed by atoms with van der Waals surface area (Å²) in [4.78, 5) is 21.4. The van der Waals surface area contributed by atoms with Gasteiger partial charge < -0.3 is 5.32 Å². The van der Waals surface area contributed by atoms with Crippen LogP contribution in [0.5, 0.6) is 0 Å². The Bertz CT molecular complexity index is 1200. The molecule has 0 saturated carbocycles. The van der Waals surface area contributed by atoms with E-state index in [1.807, 2.05) is 20.8 Å². The Morgan fingerprint density at radius 3 is 2.35 bits per heavy atom. The van der Waals surface area contributed by atoms with E-state index < -0.39 is 10.0 Å². The van der Waals surface area contributed by atoms with Crippen LogP contribution in [-0.2, 0) is 15.4 Å². The van der Waals surface area contributed by atoms with Crippen LogP contribution in [0.2, 0.25) is 0 Å². The van der Waals surface area contributed by atoms with Crippen molar-refractivity contribution < 1.29 is 13.2 Å². The fourth-order valence-corrected chi connectivity index (χ4v) is 4.85. The van der Waals surface area contributed by atoms with Gasteiger partial charge in [0.15, 0.2) is 0 Å². The van der Waals surface area contributed by atoms with Gasteiger partial charge in [0.2, 0.25) is 10.0 Å². The third-order valence-corrected chi connectivity index (χ3v) is 6.85. The minimum atomic E-state index is -3.26. The van der Waals surface area contributed by atoms with Crippen LogP contribution in [-0.4, -0.2) is 46.4 Å². The molecule has 3 aromatic rings. The van der Waals surface area contributed by atoms with Crippen molar-refractivity contribution in [3.63, 3.8) is 0 Å². The van der Waals surface area contributed by atoms with E-state index in [0.717, 1.165) is 5.69 Å². The van der Waals surface area contributed by atoms with Crippen LogP contribution in [0, 0.1) is 0 Å². The van der Waals surface area contributed by atoms with Gasteiger partial charge in [0, 0.05) is 36.0 Å². The third kappa shape index (κ3) is 4.29. The molecule has 9 nitrogen and oxygen atoms in total. The summed E-state index contributed by atoms with van der Waals surface area (Å²) in [5.41, 5.74) is 1.51. The minimum absolute atomic E-state index is 0.150. The lowest BCUT2D eigenvalue weighted by atomic mass is 9.92. The molecule has 1 fully saturated rings. The Morgan fingerprint density at radius 1 is 1.10 bits per heavy atom. The molecule has 1 amide bonds. The molecule has 3 heterocycles. The summed E-state index contributed by atoms with van der Waals surface area (Å²) in [5.74, 6) is 0.611. The van der Waals surface area contributed by atoms with Gasteiger partial charge in [-0.1, -0.05) is 20.8 Å². The Kier molecular flexibility index (Phi) is 5.26. The second-order valence-electron chi connectivity index (χ2n) is 8.37. The maximum absolute atomic E-state index is 12.9. The van der Waals surface area contributed by atoms with Crippen LogP contribution in [0.25, 0.3) is 5.95 Å². The molecule has 1 aliphatic rings. The first-order valence-electron chi connectivity index (χ1n) is 9.95. The Hall–Kier alpha value is -3.27. The van der Waals surface area contributed by atoms with E-state index in [-0.39, 0.29) is 17.1 Å². The number of rotatable bonds is 4. The molecule has 0 unspecified atom stereocenters. The predicted molar refractivity (Wildman–Crippen MR) is 118 cm³/mol. The van der Waals surface area contributed by atoms with Gasteiger partial charge in [0.1, 0.15) is 5.82 Å². The Balaban J connectivity index is 1.60. The predicted octanol–water partition coefficient (Wildman–Crippen LogP) is 2.75. The highest BCUT2D eigenvalue weighted by atomic mass is 32.2. The molecule has 31 heavy (non-hydrogen) atoms. The average molecular weight is 441 g/mol. The molecular formula is C21H24N6O3S. The van der Waals surface area contributed by atoms with E-state index >= 15 is 0 Å². The SMILES string of the molecule is CC(C)(C)c1cc(NC(=O)c2ccc(N3CCCS3(=O)=O)cc2)n(-c2ncccn2)n1. The van der Waals surface area contributed by atoms with Crippen molar-refractivity contribution in [3.05, 3.63) is 60.0 Å². The highest BCUT2D eigenvalue weighted by Crippen LogP contribution is 2.27. The van der Waals surface area contributed by atoms with Crippen molar-refractivity contribution in [3.8, 4) is 5.95 Å². The minimum Gasteiger partial charge on any atom is -0.306 e. The topological polar surface area (TPSA) is 110 Å². The fraction of sp³-hybridized carbons (Fsp3) is 0.333. The fourth-order valence-electron chi connectivity index (χ4n) is 3.29. The quantitative estimate of drug-likeness (QED) is 0.668. The first kappa shape index (κ1) is 21.0. The van der Waals surface area contributed by atoms with Crippen LogP contribution < -0.4 is 9.62 Å². The molecule has 0 bridgehead atoms. The van der Waals surface area contributed by atoms with Gasteiger partial charge in [-0.25, -0.2) is 18.4 Å². The van der Waals surface area contributed by atoms with Gasteiger partial charge in [-0.3, -0.25) is 9.10 Å². The molecule has 0 spiro atoms. The largest absolute Gasteiger partial charge is 0.306 e. The Labute approximate surface area is 181 Å². The van der Waals surface area contributed by atoms with Crippen LogP contribution in [0.1, 0.15) is 43.2 Å². The number of amides is 1. The average Bonchev–Trinajstić information content (AvgIpc) is 3.31. The second kappa shape index (κ2) is 7.77. The summed E-state index contributed by atoms with van der Waals surface area (Å²) in [6.45, 7) is 6.55. The third-order valence-electron chi connectivity index (χ3n) is 4.98. The van der Waals surface area contributed by atoms with E-state index in [1.54, 1.807) is 48.8 Å². The highest BCUT2D eigenvalue weighted by molar-refractivity contribution is 7.93. The van der Waals surface area contributed by atoms with Crippen LogP contribution in [0.4, 0.5) is 11.5 Å². The molecule has 1 N–H and O–H groups in total. The summed E-state index contributed by atoms with van der Waals surface area (Å²) in [6, 6.07) is 10.0. The monoisotopic (exact) mass is 440 g/mol. The summed E-state index contributed by atoms with van der Waals surface area (Å²) in [7, 11) is -3.26. The number of nitrogens with zero attached hydrogens (tertiary/aromatic N) is 5. The number of nitrogens with one attached hydrogen (secondary N) is 1. The lowest BCUT2D eigenvalue weighted by Gasteiger charge is -2.17. The molecule has 1 aromatic carbocycles. The van der Waals surface area contributed by atoms with Gasteiger partial charge in [0.25, 0.3) is 11.9 Å². The van der Waals surface area contributed by atoms with E-state index in [1.165, 1.54) is 8.99 Å². The van der Waals surface area contributed by atoms with Gasteiger partial charge in [-0.05, 0) is 36.8 Å². The van der Waals surface area contributed by atoms with Crippen molar-refractivity contribution in [1.82, 2.24) is 19.7 Å². The van der Waals surface area contributed by atoms with Crippen LogP contribution >= 0.6 is 0 Å². The summed E-state index contributed by atoms with van der Waals surface area (Å²) >= 11 is 0. The van der Waals surface area contributed by atoms with E-state index in [0.29, 0.717) is 36.0 Å². The zero-order valence-corrected chi connectivity index (χ0v) is 18.4. The van der Waals surface area contributed by atoms with Crippen molar-refractivity contribution in [1.29, 1.82) is 0 Å². The molecule has 1 aliphatic heterocycles. The maximum Gasteiger partial charge on any atom is 0.256 e. The van der Waals surface area contributed by atoms with Gasteiger partial charge in [-0.2, -0.15) is 9.78 Å². The van der Waals surface area contributed by atoms with Crippen LogP contribution in [0.3, 0.4) is 0 Å². The van der Waals surface area contributed by atoms with Gasteiger partial charge >= 0.3 is 0 Å². The molecular weight excluding hydrogens is 416 g/mol. The van der Waals surface area contributed by atoms with Crippen molar-refractivity contribution in [2.45, 2.75) is 32.6 Å². The number of aromatic nitrogens is 4. The first-order chi connectivity index (χ1) is 14.6. The standard InChI is InChI=1S/C21H24N6O3S/c1-21(2,3)17-14-18(27(25-17)20-22-10-4-11-23-20)24-19(28)15-6-8-16(9-7-15)26-12-5-13-31(26,29)30/h4,6-11,14H,5,12-13H2,1-3H3,(H,24,28). The number of hydrogen-bond donors (Lipinski definition) is 1. The van der Waals surface area contributed by atoms with Crippen molar-refractivity contribution in [2.24, 2.45) is 0 Å².